The van der Waals surface area contributed by atoms with E-state index in [0.29, 0.717) is 0 Å². The summed E-state index contributed by atoms with van der Waals surface area (Å²) in [5.41, 5.74) is 0. The van der Waals surface area contributed by atoms with Crippen LogP contribution < -0.4 is 0 Å². The zero-order valence-electron chi connectivity index (χ0n) is 7.23. The number of ether oxygens (including phenoxy) is 2. The number of carbonyl (C=O) groups excluding carboxylic acids is 2. The van der Waals surface area contributed by atoms with Crippen molar-refractivity contribution in [2.45, 2.75) is 12.5 Å². The lowest BCUT2D eigenvalue weighted by Gasteiger charge is -2.10. The molecule has 0 bridgehead atoms. The maximum absolute atomic E-state index is 11.2. The molecule has 70 valence electrons. The molecule has 1 heterocycles. The topological polar surface area (TPSA) is 52.6 Å². The number of hydrogen-bond donors (Lipinski definition) is 0. The third-order valence-electron chi connectivity index (χ3n) is 2.55. The molecule has 0 saturated carbocycles. The summed E-state index contributed by atoms with van der Waals surface area (Å²) >= 11 is 0. The van der Waals surface area contributed by atoms with Crippen LogP contribution in [0.3, 0.4) is 0 Å². The maximum atomic E-state index is 11.2. The van der Waals surface area contributed by atoms with Crippen molar-refractivity contribution in [1.29, 1.82) is 0 Å². The van der Waals surface area contributed by atoms with Gasteiger partial charge in [0.2, 0.25) is 0 Å². The average Bonchev–Trinajstić information content (AvgIpc) is 2.62. The quantitative estimate of drug-likeness (QED) is 0.332. The molecular weight excluding hydrogens is 172 g/mol. The largest absolute Gasteiger partial charge is 0.468 e. The van der Waals surface area contributed by atoms with Gasteiger partial charge in [0.05, 0.1) is 7.11 Å². The summed E-state index contributed by atoms with van der Waals surface area (Å²) in [6.07, 6.45) is 4.26. The summed E-state index contributed by atoms with van der Waals surface area (Å²) in [6.45, 7) is 0. The van der Waals surface area contributed by atoms with E-state index in [1.54, 1.807) is 0 Å². The number of allylic oxidation sites excluding steroid dienone is 1. The van der Waals surface area contributed by atoms with Crippen molar-refractivity contribution in [2.75, 3.05) is 7.11 Å². The number of hydrogen-bond acceptors (Lipinski definition) is 4. The van der Waals surface area contributed by atoms with Crippen LogP contribution in [0.15, 0.2) is 12.2 Å². The molecule has 0 spiro atoms. The van der Waals surface area contributed by atoms with Gasteiger partial charge in [-0.2, -0.15) is 0 Å². The molecule has 0 N–H and O–H groups in total. The highest BCUT2D eigenvalue weighted by molar-refractivity contribution is 5.97. The summed E-state index contributed by atoms with van der Waals surface area (Å²) in [6, 6.07) is 0. The molecule has 4 nitrogen and oxygen atoms in total. The lowest BCUT2D eigenvalue weighted by molar-refractivity contribution is -0.155. The minimum atomic E-state index is -0.718. The van der Waals surface area contributed by atoms with Gasteiger partial charge in [-0.3, -0.25) is 9.59 Å². The van der Waals surface area contributed by atoms with Crippen molar-refractivity contribution in [2.24, 2.45) is 11.8 Å². The van der Waals surface area contributed by atoms with Crippen molar-refractivity contribution in [3.63, 3.8) is 0 Å². The second-order valence-corrected chi connectivity index (χ2v) is 3.23. The fraction of sp³-hybridized carbons (Fsp3) is 0.556. The van der Waals surface area contributed by atoms with Crippen LogP contribution in [0.4, 0.5) is 0 Å². The summed E-state index contributed by atoms with van der Waals surface area (Å²) in [5.74, 6) is -1.70. The zero-order chi connectivity index (χ0) is 9.42. The van der Waals surface area contributed by atoms with Gasteiger partial charge in [-0.15, -0.1) is 0 Å². The summed E-state index contributed by atoms with van der Waals surface area (Å²) < 4.78 is 9.54. The van der Waals surface area contributed by atoms with E-state index in [1.165, 1.54) is 7.11 Å². The van der Waals surface area contributed by atoms with Gasteiger partial charge in [0, 0.05) is 5.92 Å². The van der Waals surface area contributed by atoms with E-state index in [4.69, 9.17) is 4.74 Å². The molecule has 4 heteroatoms. The monoisotopic (exact) mass is 182 g/mol. The molecule has 1 aliphatic carbocycles. The molecule has 0 aromatic rings. The van der Waals surface area contributed by atoms with Gasteiger partial charge in [0.15, 0.2) is 5.92 Å². The maximum Gasteiger partial charge on any atom is 0.321 e. The van der Waals surface area contributed by atoms with Gasteiger partial charge in [-0.05, 0) is 12.5 Å². The first-order valence-electron chi connectivity index (χ1n) is 4.19. The number of carbonyl (C=O) groups is 2. The van der Waals surface area contributed by atoms with Crippen LogP contribution >= 0.6 is 0 Å². The van der Waals surface area contributed by atoms with Gasteiger partial charge in [-0.25, -0.2) is 0 Å². The fourth-order valence-corrected chi connectivity index (χ4v) is 1.88. The number of esters is 2. The molecule has 0 amide bonds. The van der Waals surface area contributed by atoms with E-state index in [2.05, 4.69) is 4.74 Å². The smallest absolute Gasteiger partial charge is 0.321 e. The van der Waals surface area contributed by atoms with Crippen LogP contribution in [0.1, 0.15) is 6.42 Å². The normalized spacial score (nSPS) is 35.8. The van der Waals surface area contributed by atoms with Crippen molar-refractivity contribution in [1.82, 2.24) is 0 Å². The lowest BCUT2D eigenvalue weighted by atomic mass is 9.91. The van der Waals surface area contributed by atoms with Crippen LogP contribution in [0.5, 0.6) is 0 Å². The minimum Gasteiger partial charge on any atom is -0.468 e. The molecule has 1 aliphatic heterocycles. The van der Waals surface area contributed by atoms with Crippen molar-refractivity contribution >= 4 is 11.9 Å². The second-order valence-electron chi connectivity index (χ2n) is 3.23. The molecule has 13 heavy (non-hydrogen) atoms. The predicted octanol–water partition coefficient (Wildman–Crippen LogP) is 0.277. The third-order valence-corrected chi connectivity index (χ3v) is 2.55. The summed E-state index contributed by atoms with van der Waals surface area (Å²) in [4.78, 5) is 22.4. The Kier molecular flexibility index (Phi) is 1.83. The average molecular weight is 182 g/mol. The first kappa shape index (κ1) is 8.29. The molecule has 2 rings (SSSR count). The molecule has 0 aromatic heterocycles. The Morgan fingerprint density at radius 3 is 3.15 bits per heavy atom. The molecular formula is C9H10O4. The molecule has 2 aliphatic rings. The number of fused-ring (bicyclic) bond motifs is 1. The van der Waals surface area contributed by atoms with Crippen LogP contribution in [-0.4, -0.2) is 25.2 Å². The van der Waals surface area contributed by atoms with Gasteiger partial charge >= 0.3 is 11.9 Å². The van der Waals surface area contributed by atoms with E-state index < -0.39 is 17.9 Å². The highest BCUT2D eigenvalue weighted by atomic mass is 16.6. The van der Waals surface area contributed by atoms with Crippen molar-refractivity contribution < 1.29 is 19.1 Å². The lowest BCUT2D eigenvalue weighted by Crippen LogP contribution is -2.26. The van der Waals surface area contributed by atoms with Gasteiger partial charge in [0.25, 0.3) is 0 Å². The number of methoxy groups -OCH3 is 1. The Morgan fingerprint density at radius 1 is 1.69 bits per heavy atom. The first-order valence-corrected chi connectivity index (χ1v) is 4.19. The third kappa shape index (κ3) is 1.13. The molecule has 1 fully saturated rings. The van der Waals surface area contributed by atoms with Crippen molar-refractivity contribution in [3.8, 4) is 0 Å². The SMILES string of the molecule is COC(=O)C1C(=O)O[C@H]2C=CC[C@@H]12. The highest BCUT2D eigenvalue weighted by Gasteiger charge is 2.49. The predicted molar refractivity (Wildman–Crippen MR) is 42.6 cm³/mol. The van der Waals surface area contributed by atoms with Gasteiger partial charge < -0.3 is 9.47 Å². The zero-order valence-corrected chi connectivity index (χ0v) is 7.23. The van der Waals surface area contributed by atoms with Crippen LogP contribution in [0.2, 0.25) is 0 Å². The Morgan fingerprint density at radius 2 is 2.46 bits per heavy atom. The summed E-state index contributed by atoms with van der Waals surface area (Å²) in [5, 5.41) is 0. The van der Waals surface area contributed by atoms with E-state index in [9.17, 15) is 9.59 Å². The standard InChI is InChI=1S/C9H10O4/c1-12-8(10)7-5-3-2-4-6(5)13-9(7)11/h2,4-7H,3H2,1H3/t5-,6+,7?/m1/s1. The van der Waals surface area contributed by atoms with Crippen molar-refractivity contribution in [3.05, 3.63) is 12.2 Å². The van der Waals surface area contributed by atoms with E-state index in [1.807, 2.05) is 12.2 Å². The molecule has 0 radical (unpaired) electrons. The number of rotatable bonds is 1. The van der Waals surface area contributed by atoms with E-state index >= 15 is 0 Å². The van der Waals surface area contributed by atoms with Gasteiger partial charge in [0.1, 0.15) is 6.10 Å². The Bertz CT molecular complexity index is 281. The molecule has 0 aromatic carbocycles. The van der Waals surface area contributed by atoms with Crippen LogP contribution in [-0.2, 0) is 19.1 Å². The van der Waals surface area contributed by atoms with Crippen LogP contribution in [0, 0.1) is 11.8 Å². The van der Waals surface area contributed by atoms with E-state index in [-0.39, 0.29) is 12.0 Å². The van der Waals surface area contributed by atoms with E-state index in [0.717, 1.165) is 6.42 Å². The Hall–Kier alpha value is -1.32. The van der Waals surface area contributed by atoms with Crippen LogP contribution in [0.25, 0.3) is 0 Å². The second kappa shape index (κ2) is 2.87. The Labute approximate surface area is 75.5 Å². The highest BCUT2D eigenvalue weighted by Crippen LogP contribution is 2.36. The fourth-order valence-electron chi connectivity index (χ4n) is 1.88. The molecule has 3 atom stereocenters. The van der Waals surface area contributed by atoms with Gasteiger partial charge in [-0.1, -0.05) is 6.08 Å². The summed E-state index contributed by atoms with van der Waals surface area (Å²) in [7, 11) is 1.28. The molecule has 1 saturated heterocycles. The first-order chi connectivity index (χ1) is 6.24. The minimum absolute atomic E-state index is 0.0417. The molecule has 1 unspecified atom stereocenters. The Balaban J connectivity index is 2.19.